The molecule has 3 rings (SSSR count). The van der Waals surface area contributed by atoms with Crippen molar-refractivity contribution in [3.8, 4) is 5.75 Å². The molecule has 0 unspecified atom stereocenters. The number of carbonyl (C=O) groups is 1. The second-order valence-corrected chi connectivity index (χ2v) is 9.23. The van der Waals surface area contributed by atoms with Gasteiger partial charge in [-0.1, -0.05) is 25.8 Å². The minimum absolute atomic E-state index is 0.152. The van der Waals surface area contributed by atoms with Gasteiger partial charge in [0.1, 0.15) is 17.4 Å². The molecule has 2 aliphatic rings. The number of halogens is 5. The molecule has 2 nitrogen and oxygen atoms in total. The highest BCUT2D eigenvalue weighted by molar-refractivity contribution is 5.75. The zero-order valence-corrected chi connectivity index (χ0v) is 18.4. The summed E-state index contributed by atoms with van der Waals surface area (Å²) < 4.78 is 71.0. The van der Waals surface area contributed by atoms with Gasteiger partial charge in [0.2, 0.25) is 0 Å². The van der Waals surface area contributed by atoms with Crippen LogP contribution in [0.4, 0.5) is 22.0 Å². The normalized spacial score (nSPS) is 27.2. The second kappa shape index (κ2) is 10.8. The van der Waals surface area contributed by atoms with Crippen molar-refractivity contribution >= 4 is 5.97 Å². The largest absolute Gasteiger partial charge is 0.426 e. The summed E-state index contributed by atoms with van der Waals surface area (Å²) in [5.74, 6) is -2.25. The molecule has 0 N–H and O–H groups in total. The van der Waals surface area contributed by atoms with Crippen LogP contribution in [0.2, 0.25) is 0 Å². The van der Waals surface area contributed by atoms with Crippen LogP contribution in [0.5, 0.6) is 5.75 Å². The quantitative estimate of drug-likeness (QED) is 0.245. The average Bonchev–Trinajstić information content (AvgIpc) is 2.73. The zero-order chi connectivity index (χ0) is 23.3. The Labute approximate surface area is 186 Å². The van der Waals surface area contributed by atoms with Crippen molar-refractivity contribution in [3.63, 3.8) is 0 Å². The summed E-state index contributed by atoms with van der Waals surface area (Å²) in [6.45, 7) is 2.16. The predicted molar refractivity (Wildman–Crippen MR) is 112 cm³/mol. The van der Waals surface area contributed by atoms with Gasteiger partial charge in [-0.3, -0.25) is 4.79 Å². The number of hydrogen-bond acceptors (Lipinski definition) is 2. The number of allylic oxidation sites excluding steroid dienone is 2. The summed E-state index contributed by atoms with van der Waals surface area (Å²) in [5, 5.41) is 0. The third kappa shape index (κ3) is 6.79. The molecule has 0 aliphatic heterocycles. The molecular formula is C25H31F5O2. The fourth-order valence-corrected chi connectivity index (χ4v) is 5.15. The first-order valence-electron chi connectivity index (χ1n) is 11.6. The molecule has 2 aliphatic carbocycles. The van der Waals surface area contributed by atoms with Gasteiger partial charge in [0.25, 0.3) is 0 Å². The third-order valence-corrected chi connectivity index (χ3v) is 6.93. The van der Waals surface area contributed by atoms with Crippen LogP contribution >= 0.6 is 0 Å². The standard InChI is InChI=1S/C25H31F5O2/c1-2-3-16-4-6-19(7-5-16)24(31)32-20-12-13-21(22(26)14-20)17-8-10-18(11-9-17)23(27)15-25(28,29)30/h12-19H,2-11H2,1H3/b23-15-. The summed E-state index contributed by atoms with van der Waals surface area (Å²) in [6, 6.07) is 4.34. The molecule has 0 radical (unpaired) electrons. The fraction of sp³-hybridized carbons (Fsp3) is 0.640. The van der Waals surface area contributed by atoms with E-state index >= 15 is 0 Å². The van der Waals surface area contributed by atoms with Gasteiger partial charge in [-0.15, -0.1) is 0 Å². The van der Waals surface area contributed by atoms with Crippen molar-refractivity contribution in [2.45, 2.75) is 83.2 Å². The van der Waals surface area contributed by atoms with Gasteiger partial charge in [0, 0.05) is 12.0 Å². The van der Waals surface area contributed by atoms with Gasteiger partial charge in [0.15, 0.2) is 0 Å². The van der Waals surface area contributed by atoms with E-state index in [1.165, 1.54) is 12.5 Å². The molecule has 0 spiro atoms. The summed E-state index contributed by atoms with van der Waals surface area (Å²) in [7, 11) is 0. The Morgan fingerprint density at radius 3 is 2.22 bits per heavy atom. The lowest BCUT2D eigenvalue weighted by Crippen LogP contribution is -2.25. The van der Waals surface area contributed by atoms with Crippen molar-refractivity contribution in [3.05, 3.63) is 41.5 Å². The highest BCUT2D eigenvalue weighted by Crippen LogP contribution is 2.41. The third-order valence-electron chi connectivity index (χ3n) is 6.93. The first-order chi connectivity index (χ1) is 15.2. The van der Waals surface area contributed by atoms with Crippen LogP contribution < -0.4 is 4.74 Å². The average molecular weight is 459 g/mol. The van der Waals surface area contributed by atoms with E-state index in [2.05, 4.69) is 6.92 Å². The number of rotatable bonds is 6. The van der Waals surface area contributed by atoms with E-state index in [4.69, 9.17) is 4.74 Å². The van der Waals surface area contributed by atoms with E-state index in [1.54, 1.807) is 12.1 Å². The SMILES string of the molecule is CCCC1CCC(C(=O)Oc2ccc(C3CCC(/C(F)=C/C(F)(F)F)CC3)c(F)c2)CC1. The Balaban J connectivity index is 1.53. The van der Waals surface area contributed by atoms with E-state index in [0.717, 1.165) is 32.1 Å². The van der Waals surface area contributed by atoms with Crippen molar-refractivity contribution in [2.75, 3.05) is 0 Å². The Bertz CT molecular complexity index is 801. The molecule has 0 heterocycles. The summed E-state index contributed by atoms with van der Waals surface area (Å²) in [5.41, 5.74) is 0.434. The van der Waals surface area contributed by atoms with Crippen LogP contribution in [0.15, 0.2) is 30.1 Å². The van der Waals surface area contributed by atoms with Gasteiger partial charge in [-0.25, -0.2) is 8.78 Å². The van der Waals surface area contributed by atoms with E-state index < -0.39 is 23.7 Å². The van der Waals surface area contributed by atoms with Crippen LogP contribution in [-0.2, 0) is 4.79 Å². The molecule has 1 aromatic carbocycles. The molecule has 7 heteroatoms. The smallest absolute Gasteiger partial charge is 0.412 e. The monoisotopic (exact) mass is 458 g/mol. The molecule has 1 aromatic rings. The number of alkyl halides is 3. The van der Waals surface area contributed by atoms with E-state index in [9.17, 15) is 26.7 Å². The van der Waals surface area contributed by atoms with E-state index in [0.29, 0.717) is 24.3 Å². The van der Waals surface area contributed by atoms with Crippen LogP contribution in [0.3, 0.4) is 0 Å². The minimum Gasteiger partial charge on any atom is -0.426 e. The van der Waals surface area contributed by atoms with Gasteiger partial charge in [0.05, 0.1) is 12.0 Å². The Kier molecular flexibility index (Phi) is 8.34. The molecule has 0 atom stereocenters. The fourth-order valence-electron chi connectivity index (χ4n) is 5.15. The number of ether oxygens (including phenoxy) is 1. The van der Waals surface area contributed by atoms with Crippen LogP contribution in [0.1, 0.15) is 82.6 Å². The van der Waals surface area contributed by atoms with Crippen molar-refractivity contribution in [2.24, 2.45) is 17.8 Å². The zero-order valence-electron chi connectivity index (χ0n) is 18.4. The molecule has 0 amide bonds. The van der Waals surface area contributed by atoms with Crippen molar-refractivity contribution in [1.82, 2.24) is 0 Å². The van der Waals surface area contributed by atoms with Gasteiger partial charge < -0.3 is 4.74 Å². The van der Waals surface area contributed by atoms with Gasteiger partial charge in [-0.05, 0) is 74.8 Å². The molecule has 2 saturated carbocycles. The molecular weight excluding hydrogens is 427 g/mol. The van der Waals surface area contributed by atoms with Crippen LogP contribution in [-0.4, -0.2) is 12.1 Å². The molecule has 0 bridgehead atoms. The second-order valence-electron chi connectivity index (χ2n) is 9.23. The number of esters is 1. The Hall–Kier alpha value is -1.92. The molecule has 178 valence electrons. The Morgan fingerprint density at radius 2 is 1.66 bits per heavy atom. The Morgan fingerprint density at radius 1 is 1.03 bits per heavy atom. The summed E-state index contributed by atoms with van der Waals surface area (Å²) in [6.07, 6.45) is 2.28. The molecule has 0 aromatic heterocycles. The maximum absolute atomic E-state index is 14.7. The van der Waals surface area contributed by atoms with Crippen LogP contribution in [0.25, 0.3) is 0 Å². The highest BCUT2D eigenvalue weighted by atomic mass is 19.4. The maximum Gasteiger partial charge on any atom is 0.412 e. The first kappa shape index (κ1) is 24.7. The van der Waals surface area contributed by atoms with Crippen molar-refractivity contribution in [1.29, 1.82) is 0 Å². The number of carbonyl (C=O) groups excluding carboxylic acids is 1. The molecule has 2 fully saturated rings. The van der Waals surface area contributed by atoms with Crippen LogP contribution in [0, 0.1) is 23.6 Å². The minimum atomic E-state index is -4.67. The van der Waals surface area contributed by atoms with Crippen molar-refractivity contribution < 1.29 is 31.5 Å². The number of hydrogen-bond donors (Lipinski definition) is 0. The van der Waals surface area contributed by atoms with Gasteiger partial charge >= 0.3 is 12.1 Å². The van der Waals surface area contributed by atoms with E-state index in [1.807, 2.05) is 0 Å². The molecule has 32 heavy (non-hydrogen) atoms. The summed E-state index contributed by atoms with van der Waals surface area (Å²) >= 11 is 0. The van der Waals surface area contributed by atoms with Gasteiger partial charge in [-0.2, -0.15) is 13.2 Å². The summed E-state index contributed by atoms with van der Waals surface area (Å²) in [4.78, 5) is 12.5. The lowest BCUT2D eigenvalue weighted by molar-refractivity contribution is -0.140. The van der Waals surface area contributed by atoms with E-state index in [-0.39, 0.29) is 42.5 Å². The predicted octanol–water partition coefficient (Wildman–Crippen LogP) is 8.03. The topological polar surface area (TPSA) is 26.3 Å². The molecule has 0 saturated heterocycles. The highest BCUT2D eigenvalue weighted by Gasteiger charge is 2.32. The number of benzene rings is 1. The first-order valence-corrected chi connectivity index (χ1v) is 11.6. The lowest BCUT2D eigenvalue weighted by Gasteiger charge is -2.28. The lowest BCUT2D eigenvalue weighted by atomic mass is 9.78. The maximum atomic E-state index is 14.7.